The van der Waals surface area contributed by atoms with Gasteiger partial charge >= 0.3 is 0 Å². The molecule has 5 heteroatoms. The van der Waals surface area contributed by atoms with Crippen LogP contribution in [0.2, 0.25) is 0 Å². The average Bonchev–Trinajstić information content (AvgIpc) is 3.07. The fraction of sp³-hybridized carbons (Fsp3) is 0.600. The van der Waals surface area contributed by atoms with Crippen LogP contribution >= 0.6 is 0 Å². The molecular weight excluding hydrogens is 250 g/mol. The SMILES string of the molecule is Cc1nc(N2CCCC3(CCNC3)C2)c2cc[nH]c2n1. The fourth-order valence-corrected chi connectivity index (χ4v) is 3.81. The van der Waals surface area contributed by atoms with Crippen LogP contribution in [0.15, 0.2) is 12.3 Å². The van der Waals surface area contributed by atoms with Gasteiger partial charge in [-0.15, -0.1) is 0 Å². The minimum Gasteiger partial charge on any atom is -0.355 e. The molecule has 0 aromatic carbocycles. The first kappa shape index (κ1) is 12.1. The van der Waals surface area contributed by atoms with Gasteiger partial charge in [0.05, 0.1) is 5.39 Å². The van der Waals surface area contributed by atoms with Gasteiger partial charge in [0.1, 0.15) is 17.3 Å². The zero-order chi connectivity index (χ0) is 13.6. The summed E-state index contributed by atoms with van der Waals surface area (Å²) in [5.41, 5.74) is 1.41. The summed E-state index contributed by atoms with van der Waals surface area (Å²) in [6.07, 6.45) is 5.86. The zero-order valence-corrected chi connectivity index (χ0v) is 11.9. The lowest BCUT2D eigenvalue weighted by Gasteiger charge is -2.40. The molecule has 2 aromatic rings. The Morgan fingerprint density at radius 2 is 2.25 bits per heavy atom. The first-order valence-corrected chi connectivity index (χ1v) is 7.53. The predicted molar refractivity (Wildman–Crippen MR) is 80.0 cm³/mol. The zero-order valence-electron chi connectivity index (χ0n) is 11.9. The number of fused-ring (bicyclic) bond motifs is 1. The van der Waals surface area contributed by atoms with Crippen molar-refractivity contribution in [2.75, 3.05) is 31.1 Å². The Hall–Kier alpha value is -1.62. The third-order valence-corrected chi connectivity index (χ3v) is 4.80. The molecule has 5 nitrogen and oxygen atoms in total. The topological polar surface area (TPSA) is 56.8 Å². The van der Waals surface area contributed by atoms with E-state index in [0.29, 0.717) is 5.41 Å². The number of rotatable bonds is 1. The third-order valence-electron chi connectivity index (χ3n) is 4.80. The molecule has 0 amide bonds. The van der Waals surface area contributed by atoms with E-state index in [1.54, 1.807) is 0 Å². The first-order chi connectivity index (χ1) is 9.76. The number of aromatic nitrogens is 3. The second-order valence-electron chi connectivity index (χ2n) is 6.29. The second-order valence-corrected chi connectivity index (χ2v) is 6.29. The molecule has 1 spiro atoms. The van der Waals surface area contributed by atoms with Crippen LogP contribution in [-0.2, 0) is 0 Å². The lowest BCUT2D eigenvalue weighted by atomic mass is 9.79. The second kappa shape index (κ2) is 4.45. The Kier molecular flexibility index (Phi) is 2.70. The van der Waals surface area contributed by atoms with E-state index < -0.39 is 0 Å². The molecule has 4 heterocycles. The van der Waals surface area contributed by atoms with Gasteiger partial charge in [-0.25, -0.2) is 9.97 Å². The van der Waals surface area contributed by atoms with E-state index in [9.17, 15) is 0 Å². The van der Waals surface area contributed by atoms with Gasteiger partial charge in [-0.2, -0.15) is 0 Å². The summed E-state index contributed by atoms with van der Waals surface area (Å²) in [6.45, 7) is 6.52. The van der Waals surface area contributed by atoms with Gasteiger partial charge < -0.3 is 15.2 Å². The quantitative estimate of drug-likeness (QED) is 0.831. The lowest BCUT2D eigenvalue weighted by molar-refractivity contribution is 0.260. The lowest BCUT2D eigenvalue weighted by Crippen LogP contribution is -2.45. The highest BCUT2D eigenvalue weighted by Crippen LogP contribution is 2.38. The summed E-state index contributed by atoms with van der Waals surface area (Å²) in [5, 5.41) is 4.68. The van der Waals surface area contributed by atoms with Crippen molar-refractivity contribution in [2.45, 2.75) is 26.2 Å². The van der Waals surface area contributed by atoms with Gasteiger partial charge in [0, 0.05) is 31.2 Å². The van der Waals surface area contributed by atoms with Gasteiger partial charge in [0.2, 0.25) is 0 Å². The molecule has 2 aromatic heterocycles. The minimum atomic E-state index is 0.458. The molecule has 2 fully saturated rings. The smallest absolute Gasteiger partial charge is 0.143 e. The number of aryl methyl sites for hydroxylation is 1. The van der Waals surface area contributed by atoms with Crippen LogP contribution in [0, 0.1) is 12.3 Å². The van der Waals surface area contributed by atoms with Crippen molar-refractivity contribution in [3.8, 4) is 0 Å². The maximum Gasteiger partial charge on any atom is 0.143 e. The Bertz CT molecular complexity index is 626. The Morgan fingerprint density at radius 1 is 1.30 bits per heavy atom. The Labute approximate surface area is 118 Å². The number of aromatic amines is 1. The molecule has 1 unspecified atom stereocenters. The highest BCUT2D eigenvalue weighted by Gasteiger charge is 2.38. The molecule has 0 bridgehead atoms. The van der Waals surface area contributed by atoms with Crippen molar-refractivity contribution in [3.05, 3.63) is 18.1 Å². The van der Waals surface area contributed by atoms with Crippen LogP contribution < -0.4 is 10.2 Å². The molecule has 2 N–H and O–H groups in total. The van der Waals surface area contributed by atoms with Gasteiger partial charge in [-0.1, -0.05) is 0 Å². The summed E-state index contributed by atoms with van der Waals surface area (Å²) >= 11 is 0. The summed E-state index contributed by atoms with van der Waals surface area (Å²) in [7, 11) is 0. The molecule has 2 aliphatic rings. The number of nitrogens with one attached hydrogen (secondary N) is 2. The van der Waals surface area contributed by atoms with E-state index in [1.165, 1.54) is 19.3 Å². The van der Waals surface area contributed by atoms with Crippen LogP contribution in [-0.4, -0.2) is 41.1 Å². The molecule has 1 atom stereocenters. The summed E-state index contributed by atoms with van der Waals surface area (Å²) < 4.78 is 0. The van der Waals surface area contributed by atoms with Gasteiger partial charge in [-0.3, -0.25) is 0 Å². The van der Waals surface area contributed by atoms with Crippen LogP contribution in [0.3, 0.4) is 0 Å². The van der Waals surface area contributed by atoms with E-state index >= 15 is 0 Å². The van der Waals surface area contributed by atoms with Crippen molar-refractivity contribution in [2.24, 2.45) is 5.41 Å². The van der Waals surface area contributed by atoms with Crippen molar-refractivity contribution in [1.82, 2.24) is 20.3 Å². The Morgan fingerprint density at radius 3 is 3.10 bits per heavy atom. The molecule has 2 aliphatic heterocycles. The minimum absolute atomic E-state index is 0.458. The third kappa shape index (κ3) is 1.88. The number of anilines is 1. The molecule has 0 aliphatic carbocycles. The van der Waals surface area contributed by atoms with Crippen molar-refractivity contribution < 1.29 is 0 Å². The van der Waals surface area contributed by atoms with E-state index in [2.05, 4.69) is 26.3 Å². The van der Waals surface area contributed by atoms with E-state index in [1.807, 2.05) is 13.1 Å². The van der Waals surface area contributed by atoms with Gasteiger partial charge in [0.15, 0.2) is 0 Å². The van der Waals surface area contributed by atoms with Crippen LogP contribution in [0.25, 0.3) is 11.0 Å². The number of H-pyrrole nitrogens is 1. The summed E-state index contributed by atoms with van der Waals surface area (Å²) in [6, 6.07) is 2.10. The number of hydrogen-bond acceptors (Lipinski definition) is 4. The number of nitrogens with zero attached hydrogens (tertiary/aromatic N) is 3. The fourth-order valence-electron chi connectivity index (χ4n) is 3.81. The molecule has 106 valence electrons. The maximum absolute atomic E-state index is 4.73. The normalized spacial score (nSPS) is 26.8. The summed E-state index contributed by atoms with van der Waals surface area (Å²) in [5.74, 6) is 1.96. The van der Waals surface area contributed by atoms with Gasteiger partial charge in [0.25, 0.3) is 0 Å². The largest absolute Gasteiger partial charge is 0.355 e. The van der Waals surface area contributed by atoms with Gasteiger partial charge in [-0.05, 0) is 38.8 Å². The van der Waals surface area contributed by atoms with Crippen LogP contribution in [0.1, 0.15) is 25.1 Å². The molecule has 0 saturated carbocycles. The molecule has 4 rings (SSSR count). The van der Waals surface area contributed by atoms with E-state index in [4.69, 9.17) is 4.98 Å². The highest BCUT2D eigenvalue weighted by atomic mass is 15.2. The van der Waals surface area contributed by atoms with E-state index in [0.717, 1.165) is 48.9 Å². The maximum atomic E-state index is 4.73. The molecule has 2 saturated heterocycles. The monoisotopic (exact) mass is 271 g/mol. The average molecular weight is 271 g/mol. The van der Waals surface area contributed by atoms with Crippen molar-refractivity contribution >= 4 is 16.9 Å². The molecule has 20 heavy (non-hydrogen) atoms. The van der Waals surface area contributed by atoms with Crippen LogP contribution in [0.5, 0.6) is 0 Å². The highest BCUT2D eigenvalue weighted by molar-refractivity contribution is 5.87. The summed E-state index contributed by atoms with van der Waals surface area (Å²) in [4.78, 5) is 14.9. The molecular formula is C15H21N5. The number of hydrogen-bond donors (Lipinski definition) is 2. The standard InChI is InChI=1S/C15H21N5/c1-11-18-13-12(3-6-17-13)14(19-11)20-8-2-4-15(10-20)5-7-16-9-15/h3,6,16H,2,4-5,7-10H2,1H3,(H,17,18,19). The number of piperidine rings is 1. The van der Waals surface area contributed by atoms with E-state index in [-0.39, 0.29) is 0 Å². The van der Waals surface area contributed by atoms with Crippen molar-refractivity contribution in [1.29, 1.82) is 0 Å². The first-order valence-electron chi connectivity index (χ1n) is 7.53. The molecule has 0 radical (unpaired) electrons. The Balaban J connectivity index is 1.73. The predicted octanol–water partition coefficient (Wildman–Crippen LogP) is 1.85. The van der Waals surface area contributed by atoms with Crippen LogP contribution in [0.4, 0.5) is 5.82 Å². The van der Waals surface area contributed by atoms with Crippen molar-refractivity contribution in [3.63, 3.8) is 0 Å².